The van der Waals surface area contributed by atoms with E-state index in [0.29, 0.717) is 32.4 Å². The van der Waals surface area contributed by atoms with E-state index in [0.717, 1.165) is 0 Å². The average molecular weight is 372 g/mol. The van der Waals surface area contributed by atoms with Gasteiger partial charge in [-0.15, -0.1) is 10.2 Å². The van der Waals surface area contributed by atoms with Crippen LogP contribution >= 0.6 is 35.0 Å². The number of hydrogen-bond acceptors (Lipinski definition) is 6. The van der Waals surface area contributed by atoms with E-state index in [4.69, 9.17) is 27.7 Å². The van der Waals surface area contributed by atoms with Crippen LogP contribution in [0.5, 0.6) is 0 Å². The topological polar surface area (TPSA) is 85.3 Å². The Kier molecular flexibility index (Phi) is 4.47. The van der Waals surface area contributed by atoms with Gasteiger partial charge in [-0.25, -0.2) is 0 Å². The molecule has 0 aromatic carbocycles. The Morgan fingerprint density at radius 3 is 2.87 bits per heavy atom. The van der Waals surface area contributed by atoms with Gasteiger partial charge in [0.05, 0.1) is 21.0 Å². The van der Waals surface area contributed by atoms with E-state index < -0.39 is 5.25 Å². The van der Waals surface area contributed by atoms with Crippen molar-refractivity contribution in [2.75, 3.05) is 5.32 Å². The molecule has 0 fully saturated rings. The molecule has 1 N–H and O–H groups in total. The van der Waals surface area contributed by atoms with E-state index in [2.05, 4.69) is 20.7 Å². The number of fused-ring (bicyclic) bond motifs is 1. The van der Waals surface area contributed by atoms with Crippen LogP contribution in [0.4, 0.5) is 5.88 Å². The van der Waals surface area contributed by atoms with Crippen molar-refractivity contribution in [2.45, 2.75) is 24.3 Å². The lowest BCUT2D eigenvalue weighted by Crippen LogP contribution is -2.22. The number of anilines is 1. The molecular formula is C13H11Cl2N5O2S. The molecule has 0 saturated heterocycles. The van der Waals surface area contributed by atoms with Gasteiger partial charge in [-0.1, -0.05) is 40.1 Å². The van der Waals surface area contributed by atoms with Crippen LogP contribution in [0.3, 0.4) is 0 Å². The van der Waals surface area contributed by atoms with Gasteiger partial charge in [0.2, 0.25) is 11.8 Å². The molecule has 10 heteroatoms. The molecule has 0 aliphatic carbocycles. The highest BCUT2D eigenvalue weighted by atomic mass is 35.5. The fraction of sp³-hybridized carbons (Fsp3) is 0.231. The first-order chi connectivity index (χ1) is 10.9. The number of amides is 1. The van der Waals surface area contributed by atoms with Gasteiger partial charge in [0.25, 0.3) is 0 Å². The minimum Gasteiger partial charge on any atom is -0.338 e. The van der Waals surface area contributed by atoms with Gasteiger partial charge >= 0.3 is 0 Å². The quantitative estimate of drug-likeness (QED) is 0.706. The summed E-state index contributed by atoms with van der Waals surface area (Å²) >= 11 is 13.3. The molecule has 3 aromatic heterocycles. The number of aromatic nitrogens is 4. The van der Waals surface area contributed by atoms with Crippen molar-refractivity contribution in [3.05, 3.63) is 34.1 Å². The molecule has 3 heterocycles. The highest BCUT2D eigenvalue weighted by molar-refractivity contribution is 8.00. The molecular weight excluding hydrogens is 361 g/mol. The third-order valence-electron chi connectivity index (χ3n) is 2.92. The molecule has 1 amide bonds. The molecule has 0 aliphatic rings. The smallest absolute Gasteiger partial charge is 0.240 e. The first-order valence-corrected chi connectivity index (χ1v) is 8.18. The lowest BCUT2D eigenvalue weighted by Gasteiger charge is -2.09. The van der Waals surface area contributed by atoms with Gasteiger partial charge in [0, 0.05) is 12.3 Å². The number of aryl methyl sites for hydroxylation is 1. The summed E-state index contributed by atoms with van der Waals surface area (Å²) in [4.78, 5) is 12.2. The molecule has 0 spiro atoms. The first kappa shape index (κ1) is 16.1. The summed E-state index contributed by atoms with van der Waals surface area (Å²) < 4.78 is 6.61. The van der Waals surface area contributed by atoms with Crippen molar-refractivity contribution in [1.29, 1.82) is 0 Å². The Bertz CT molecular complexity index is 879. The third kappa shape index (κ3) is 3.44. The fourth-order valence-corrected chi connectivity index (χ4v) is 3.17. The lowest BCUT2D eigenvalue weighted by atomic mass is 10.4. The van der Waals surface area contributed by atoms with Crippen molar-refractivity contribution in [3.8, 4) is 0 Å². The summed E-state index contributed by atoms with van der Waals surface area (Å²) in [6.45, 7) is 3.52. The Balaban J connectivity index is 1.77. The van der Waals surface area contributed by atoms with Crippen LogP contribution in [0.15, 0.2) is 28.0 Å². The zero-order chi connectivity index (χ0) is 16.6. The fourth-order valence-electron chi connectivity index (χ4n) is 1.84. The van der Waals surface area contributed by atoms with E-state index in [1.165, 1.54) is 11.8 Å². The second-order valence-electron chi connectivity index (χ2n) is 4.76. The Hall–Kier alpha value is -1.77. The Morgan fingerprint density at radius 1 is 1.39 bits per heavy atom. The second kappa shape index (κ2) is 6.38. The predicted octanol–water partition coefficient (Wildman–Crippen LogP) is 3.45. The van der Waals surface area contributed by atoms with E-state index in [1.807, 2.05) is 0 Å². The molecule has 3 aromatic rings. The normalized spacial score (nSPS) is 12.5. The summed E-state index contributed by atoms with van der Waals surface area (Å²) in [5.74, 6) is 0.0631. The minimum absolute atomic E-state index is 0.240. The summed E-state index contributed by atoms with van der Waals surface area (Å²) in [5.41, 5.74) is 1.17. The van der Waals surface area contributed by atoms with Gasteiger partial charge in [-0.2, -0.15) is 0 Å². The van der Waals surface area contributed by atoms with Gasteiger partial charge in [-0.05, 0) is 19.9 Å². The van der Waals surface area contributed by atoms with E-state index in [1.54, 1.807) is 36.6 Å². The van der Waals surface area contributed by atoms with Gasteiger partial charge in [0.1, 0.15) is 0 Å². The third-order valence-corrected chi connectivity index (χ3v) is 4.46. The number of pyridine rings is 1. The van der Waals surface area contributed by atoms with E-state index in [-0.39, 0.29) is 5.91 Å². The zero-order valence-electron chi connectivity index (χ0n) is 12.1. The molecule has 7 nitrogen and oxygen atoms in total. The number of halogens is 2. The summed E-state index contributed by atoms with van der Waals surface area (Å²) in [6.07, 6.45) is 1.65. The average Bonchev–Trinajstić information content (AvgIpc) is 3.06. The number of carbonyl (C=O) groups is 1. The predicted molar refractivity (Wildman–Crippen MR) is 88.2 cm³/mol. The van der Waals surface area contributed by atoms with Crippen LogP contribution in [0.25, 0.3) is 5.65 Å². The molecule has 23 heavy (non-hydrogen) atoms. The highest BCUT2D eigenvalue weighted by Crippen LogP contribution is 2.27. The maximum atomic E-state index is 12.2. The van der Waals surface area contributed by atoms with Crippen molar-refractivity contribution in [2.24, 2.45) is 0 Å². The van der Waals surface area contributed by atoms with Crippen molar-refractivity contribution in [1.82, 2.24) is 19.8 Å². The largest absolute Gasteiger partial charge is 0.338 e. The number of nitrogens with one attached hydrogen (secondary N) is 1. The molecule has 0 radical (unpaired) electrons. The van der Waals surface area contributed by atoms with Gasteiger partial charge in [-0.3, -0.25) is 14.5 Å². The van der Waals surface area contributed by atoms with Crippen LogP contribution in [-0.4, -0.2) is 30.9 Å². The van der Waals surface area contributed by atoms with Crippen LogP contribution in [0.1, 0.15) is 12.6 Å². The molecule has 0 unspecified atom stereocenters. The highest BCUT2D eigenvalue weighted by Gasteiger charge is 2.20. The van der Waals surface area contributed by atoms with Gasteiger partial charge < -0.3 is 4.52 Å². The monoisotopic (exact) mass is 371 g/mol. The SMILES string of the molecule is Cc1cc(NC(=O)[C@H](C)Sc2nnc3c(Cl)cc(Cl)cn23)on1. The second-order valence-corrected chi connectivity index (χ2v) is 6.92. The summed E-state index contributed by atoms with van der Waals surface area (Å²) in [6, 6.07) is 3.23. The van der Waals surface area contributed by atoms with Crippen molar-refractivity contribution in [3.63, 3.8) is 0 Å². The van der Waals surface area contributed by atoms with Crippen LogP contribution in [0, 0.1) is 6.92 Å². The van der Waals surface area contributed by atoms with Crippen molar-refractivity contribution >= 4 is 52.4 Å². The number of hydrogen-bond donors (Lipinski definition) is 1. The maximum absolute atomic E-state index is 12.2. The number of rotatable bonds is 4. The number of thioether (sulfide) groups is 1. The van der Waals surface area contributed by atoms with Crippen LogP contribution < -0.4 is 5.32 Å². The molecule has 0 aliphatic heterocycles. The van der Waals surface area contributed by atoms with E-state index >= 15 is 0 Å². The molecule has 0 saturated carbocycles. The summed E-state index contributed by atoms with van der Waals surface area (Å²) in [5, 5.41) is 15.3. The Labute approximate surface area is 145 Å². The lowest BCUT2D eigenvalue weighted by molar-refractivity contribution is -0.115. The van der Waals surface area contributed by atoms with Crippen LogP contribution in [-0.2, 0) is 4.79 Å². The van der Waals surface area contributed by atoms with Crippen molar-refractivity contribution < 1.29 is 9.32 Å². The molecule has 0 bridgehead atoms. The van der Waals surface area contributed by atoms with Crippen LogP contribution in [0.2, 0.25) is 10.0 Å². The maximum Gasteiger partial charge on any atom is 0.240 e. The van der Waals surface area contributed by atoms with E-state index in [9.17, 15) is 4.79 Å². The molecule has 1 atom stereocenters. The van der Waals surface area contributed by atoms with Gasteiger partial charge in [0.15, 0.2) is 10.8 Å². The zero-order valence-corrected chi connectivity index (χ0v) is 14.4. The minimum atomic E-state index is -0.439. The number of carbonyl (C=O) groups excluding carboxylic acids is 1. The molecule has 3 rings (SSSR count). The standard InChI is InChI=1S/C13H11Cl2N5O2S/c1-6-3-10(22-19-6)16-12(21)7(2)23-13-18-17-11-9(15)4-8(14)5-20(11)13/h3-5,7H,1-2H3,(H,16,21)/t7-/m0/s1. The molecule has 120 valence electrons. The summed E-state index contributed by atoms with van der Waals surface area (Å²) in [7, 11) is 0. The number of nitrogens with zero attached hydrogens (tertiary/aromatic N) is 4. The Morgan fingerprint density at radius 2 is 2.17 bits per heavy atom. The first-order valence-electron chi connectivity index (χ1n) is 6.54.